The molecule has 2 fully saturated rings. The molecule has 3 aliphatic rings. The lowest BCUT2D eigenvalue weighted by molar-refractivity contribution is -0.132. The van der Waals surface area contributed by atoms with E-state index in [4.69, 9.17) is 9.94 Å². The maximum atomic E-state index is 11.5. The van der Waals surface area contributed by atoms with E-state index in [1.165, 1.54) is 31.9 Å². The summed E-state index contributed by atoms with van der Waals surface area (Å²) in [6.45, 7) is 2.71. The van der Waals surface area contributed by atoms with Crippen LogP contribution in [-0.4, -0.2) is 45.8 Å². The highest BCUT2D eigenvalue weighted by atomic mass is 16.5. The molecule has 1 saturated heterocycles. The Labute approximate surface area is 129 Å². The average Bonchev–Trinajstić information content (AvgIpc) is 3.05. The van der Waals surface area contributed by atoms with E-state index in [-0.39, 0.29) is 5.60 Å². The van der Waals surface area contributed by atoms with E-state index in [0.29, 0.717) is 11.6 Å². The molecule has 1 aromatic rings. The van der Waals surface area contributed by atoms with Gasteiger partial charge in [-0.15, -0.1) is 0 Å². The number of hydroxylamine groups is 1. The number of nitrogens with zero attached hydrogens (tertiary/aromatic N) is 2. The Balaban J connectivity index is 1.51. The van der Waals surface area contributed by atoms with E-state index in [2.05, 4.69) is 9.88 Å². The highest BCUT2D eigenvalue weighted by Gasteiger charge is 2.52. The van der Waals surface area contributed by atoms with Crippen molar-refractivity contribution in [1.29, 1.82) is 0 Å². The Kier molecular flexibility index (Phi) is 3.40. The fourth-order valence-corrected chi connectivity index (χ4v) is 4.18. The summed E-state index contributed by atoms with van der Waals surface area (Å²) in [5, 5.41) is 8.72. The Morgan fingerprint density at radius 1 is 1.50 bits per heavy atom. The zero-order valence-electron chi connectivity index (χ0n) is 12.5. The van der Waals surface area contributed by atoms with E-state index < -0.39 is 5.91 Å². The summed E-state index contributed by atoms with van der Waals surface area (Å²) in [4.78, 5) is 18.4. The van der Waals surface area contributed by atoms with Crippen molar-refractivity contribution < 1.29 is 14.7 Å². The van der Waals surface area contributed by atoms with Gasteiger partial charge in [-0.25, -0.2) is 5.48 Å². The van der Waals surface area contributed by atoms with Crippen molar-refractivity contribution in [2.75, 3.05) is 13.2 Å². The molecule has 4 rings (SSSR count). The van der Waals surface area contributed by atoms with Crippen molar-refractivity contribution >= 4 is 5.91 Å². The van der Waals surface area contributed by atoms with Crippen LogP contribution < -0.4 is 5.48 Å². The van der Waals surface area contributed by atoms with Gasteiger partial charge in [-0.3, -0.25) is 19.9 Å². The van der Waals surface area contributed by atoms with Gasteiger partial charge in [0.1, 0.15) is 0 Å². The first kappa shape index (κ1) is 14.1. The Morgan fingerprint density at radius 3 is 3.09 bits per heavy atom. The van der Waals surface area contributed by atoms with Gasteiger partial charge in [0.05, 0.1) is 16.9 Å². The van der Waals surface area contributed by atoms with Gasteiger partial charge in [0.25, 0.3) is 5.91 Å². The predicted octanol–water partition coefficient (Wildman–Crippen LogP) is 1.27. The fourth-order valence-electron chi connectivity index (χ4n) is 4.18. The van der Waals surface area contributed by atoms with Crippen molar-refractivity contribution in [2.45, 2.75) is 50.3 Å². The van der Waals surface area contributed by atoms with Gasteiger partial charge in [0.15, 0.2) is 0 Å². The van der Waals surface area contributed by atoms with Gasteiger partial charge in [-0.2, -0.15) is 0 Å². The summed E-state index contributed by atoms with van der Waals surface area (Å²) in [5.74, 6) is -0.505. The molecular weight excluding hydrogens is 282 g/mol. The van der Waals surface area contributed by atoms with E-state index >= 15 is 0 Å². The van der Waals surface area contributed by atoms with Crippen molar-refractivity contribution in [2.24, 2.45) is 0 Å². The maximum Gasteiger partial charge on any atom is 0.276 e. The number of fused-ring (bicyclic) bond motifs is 1. The smallest absolute Gasteiger partial charge is 0.276 e. The number of carbonyl (C=O) groups excluding carboxylic acids is 1. The lowest BCUT2D eigenvalue weighted by atomic mass is 9.71. The highest BCUT2D eigenvalue weighted by molar-refractivity contribution is 5.93. The molecule has 1 unspecified atom stereocenters. The highest BCUT2D eigenvalue weighted by Crippen LogP contribution is 2.47. The minimum Gasteiger partial charge on any atom is -0.373 e. The molecule has 1 aliphatic carbocycles. The van der Waals surface area contributed by atoms with E-state index in [9.17, 15) is 4.79 Å². The standard InChI is InChI=1S/C16H21N3O3/c20-15(18-21)12-8-11-3-6-19(10-13(11)17-9-12)14-2-5-16(14)4-1-7-22-16/h8-9,14,21H,1-7,10H2,(H,18,20)/t14?,16-/m0/s1. The quantitative estimate of drug-likeness (QED) is 0.636. The van der Waals surface area contributed by atoms with Crippen molar-refractivity contribution in [3.8, 4) is 0 Å². The summed E-state index contributed by atoms with van der Waals surface area (Å²) < 4.78 is 6.05. The third-order valence-corrected chi connectivity index (χ3v) is 5.47. The van der Waals surface area contributed by atoms with Gasteiger partial charge >= 0.3 is 0 Å². The molecule has 1 saturated carbocycles. The van der Waals surface area contributed by atoms with Gasteiger partial charge < -0.3 is 4.74 Å². The lowest BCUT2D eigenvalue weighted by Gasteiger charge is -2.52. The predicted molar refractivity (Wildman–Crippen MR) is 78.5 cm³/mol. The monoisotopic (exact) mass is 303 g/mol. The minimum atomic E-state index is -0.505. The first-order chi connectivity index (χ1) is 10.7. The summed E-state index contributed by atoms with van der Waals surface area (Å²) in [5.41, 5.74) is 4.33. The normalized spacial score (nSPS) is 30.9. The van der Waals surface area contributed by atoms with E-state index in [0.717, 1.165) is 37.4 Å². The molecule has 118 valence electrons. The second-order valence-electron chi connectivity index (χ2n) is 6.56. The minimum absolute atomic E-state index is 0.105. The van der Waals surface area contributed by atoms with E-state index in [1.807, 2.05) is 6.07 Å². The summed E-state index contributed by atoms with van der Waals surface area (Å²) >= 11 is 0. The van der Waals surface area contributed by atoms with Crippen LogP contribution in [0.4, 0.5) is 0 Å². The zero-order valence-corrected chi connectivity index (χ0v) is 12.5. The van der Waals surface area contributed by atoms with Gasteiger partial charge in [0.2, 0.25) is 0 Å². The van der Waals surface area contributed by atoms with Crippen LogP contribution in [0.25, 0.3) is 0 Å². The summed E-state index contributed by atoms with van der Waals surface area (Å²) in [6.07, 6.45) is 7.19. The molecular formula is C16H21N3O3. The number of carbonyl (C=O) groups is 1. The fraction of sp³-hybridized carbons (Fsp3) is 0.625. The molecule has 2 aliphatic heterocycles. The molecule has 0 bridgehead atoms. The van der Waals surface area contributed by atoms with Crippen LogP contribution in [0.3, 0.4) is 0 Å². The molecule has 1 spiro atoms. The molecule has 1 amide bonds. The van der Waals surface area contributed by atoms with Gasteiger partial charge in [0, 0.05) is 31.9 Å². The van der Waals surface area contributed by atoms with Gasteiger partial charge in [-0.1, -0.05) is 0 Å². The van der Waals surface area contributed by atoms with Crippen LogP contribution in [0.5, 0.6) is 0 Å². The largest absolute Gasteiger partial charge is 0.373 e. The third kappa shape index (κ3) is 2.14. The molecule has 3 heterocycles. The molecule has 22 heavy (non-hydrogen) atoms. The molecule has 2 atom stereocenters. The number of aromatic nitrogens is 1. The Bertz CT molecular complexity index is 598. The van der Waals surface area contributed by atoms with Gasteiger partial charge in [-0.05, 0) is 43.7 Å². The molecule has 1 aromatic heterocycles. The van der Waals surface area contributed by atoms with Crippen LogP contribution in [0.1, 0.15) is 47.3 Å². The Hall–Kier alpha value is -1.50. The van der Waals surface area contributed by atoms with Crippen LogP contribution in [0.2, 0.25) is 0 Å². The van der Waals surface area contributed by atoms with Crippen LogP contribution >= 0.6 is 0 Å². The number of pyridine rings is 1. The average molecular weight is 303 g/mol. The number of hydrogen-bond acceptors (Lipinski definition) is 5. The summed E-state index contributed by atoms with van der Waals surface area (Å²) in [7, 11) is 0. The maximum absolute atomic E-state index is 11.5. The molecule has 6 heteroatoms. The Morgan fingerprint density at radius 2 is 2.41 bits per heavy atom. The number of ether oxygens (including phenoxy) is 1. The summed E-state index contributed by atoms with van der Waals surface area (Å²) in [6, 6.07) is 2.36. The second-order valence-corrected chi connectivity index (χ2v) is 6.56. The lowest BCUT2D eigenvalue weighted by Crippen LogP contribution is -2.60. The van der Waals surface area contributed by atoms with Crippen molar-refractivity contribution in [1.82, 2.24) is 15.4 Å². The second kappa shape index (κ2) is 5.30. The SMILES string of the molecule is O=C(NO)c1cnc2c(c1)CCN(C1CC[C@@]13CCCO3)C2. The zero-order chi connectivity index (χ0) is 15.2. The number of nitrogens with one attached hydrogen (secondary N) is 1. The first-order valence-electron chi connectivity index (χ1n) is 8.02. The van der Waals surface area contributed by atoms with Crippen LogP contribution in [0, 0.1) is 0 Å². The van der Waals surface area contributed by atoms with E-state index in [1.54, 1.807) is 5.48 Å². The number of hydrogen-bond donors (Lipinski definition) is 2. The van der Waals surface area contributed by atoms with Crippen molar-refractivity contribution in [3.63, 3.8) is 0 Å². The topological polar surface area (TPSA) is 74.7 Å². The van der Waals surface area contributed by atoms with Crippen LogP contribution in [-0.2, 0) is 17.7 Å². The number of rotatable bonds is 2. The third-order valence-electron chi connectivity index (χ3n) is 5.47. The van der Waals surface area contributed by atoms with Crippen LogP contribution in [0.15, 0.2) is 12.3 Å². The van der Waals surface area contributed by atoms with Crippen molar-refractivity contribution in [3.05, 3.63) is 29.1 Å². The number of amides is 1. The molecule has 6 nitrogen and oxygen atoms in total. The molecule has 0 aromatic carbocycles. The molecule has 0 radical (unpaired) electrons. The molecule has 2 N–H and O–H groups in total. The first-order valence-corrected chi connectivity index (χ1v) is 8.02.